The van der Waals surface area contributed by atoms with Gasteiger partial charge in [-0.25, -0.2) is 27.3 Å². The van der Waals surface area contributed by atoms with E-state index in [4.69, 9.17) is 5.73 Å². The Morgan fingerprint density at radius 3 is 2.66 bits per heavy atom. The third-order valence-electron chi connectivity index (χ3n) is 5.17. The number of carbonyl (C=O) groups excluding carboxylic acids is 1. The topological polar surface area (TPSA) is 97.0 Å². The van der Waals surface area contributed by atoms with Crippen molar-refractivity contribution in [2.24, 2.45) is 0 Å². The maximum Gasteiger partial charge on any atom is 0.323 e. The van der Waals surface area contributed by atoms with E-state index in [2.05, 4.69) is 20.3 Å². The van der Waals surface area contributed by atoms with Gasteiger partial charge in [-0.3, -0.25) is 15.3 Å². The first kappa shape index (κ1) is 21.5. The Bertz CT molecular complexity index is 1140. The van der Waals surface area contributed by atoms with Gasteiger partial charge in [-0.15, -0.1) is 0 Å². The van der Waals surface area contributed by atoms with Crippen LogP contribution in [0.5, 0.6) is 0 Å². The summed E-state index contributed by atoms with van der Waals surface area (Å²) in [4.78, 5) is 26.2. The van der Waals surface area contributed by atoms with Gasteiger partial charge in [0.25, 0.3) is 6.43 Å². The summed E-state index contributed by atoms with van der Waals surface area (Å²) in [6, 6.07) is 5.56. The Morgan fingerprint density at radius 1 is 1.16 bits per heavy atom. The molecule has 1 aliphatic heterocycles. The summed E-state index contributed by atoms with van der Waals surface area (Å²) in [7, 11) is 0. The lowest BCUT2D eigenvalue weighted by molar-refractivity contribution is 0.145. The highest BCUT2D eigenvalue weighted by molar-refractivity contribution is 5.92. The van der Waals surface area contributed by atoms with Crippen LogP contribution in [0.2, 0.25) is 0 Å². The minimum Gasteiger partial charge on any atom is -0.396 e. The maximum atomic E-state index is 14.1. The molecule has 0 aliphatic carbocycles. The van der Waals surface area contributed by atoms with Crippen LogP contribution in [0.1, 0.15) is 30.2 Å². The second kappa shape index (κ2) is 8.77. The molecule has 166 valence electrons. The molecule has 3 aromatic rings. The van der Waals surface area contributed by atoms with Crippen molar-refractivity contribution in [3.8, 4) is 11.3 Å². The van der Waals surface area contributed by atoms with Gasteiger partial charge in [-0.2, -0.15) is 0 Å². The van der Waals surface area contributed by atoms with E-state index >= 15 is 0 Å². The predicted molar refractivity (Wildman–Crippen MR) is 109 cm³/mol. The molecular formula is C21H18F4N6O. The summed E-state index contributed by atoms with van der Waals surface area (Å²) in [5.74, 6) is -1.61. The number of urea groups is 1. The van der Waals surface area contributed by atoms with Crippen molar-refractivity contribution in [1.29, 1.82) is 0 Å². The van der Waals surface area contributed by atoms with Gasteiger partial charge >= 0.3 is 6.03 Å². The molecule has 0 bridgehead atoms. The van der Waals surface area contributed by atoms with E-state index in [0.717, 1.165) is 18.3 Å². The number of nitrogen functional groups attached to an aromatic ring is 1. The molecule has 1 atom stereocenters. The summed E-state index contributed by atoms with van der Waals surface area (Å²) >= 11 is 0. The lowest BCUT2D eigenvalue weighted by atomic mass is 10.1. The van der Waals surface area contributed by atoms with Crippen LogP contribution in [-0.2, 0) is 0 Å². The zero-order valence-electron chi connectivity index (χ0n) is 16.6. The molecule has 1 unspecified atom stereocenters. The number of anilines is 2. The van der Waals surface area contributed by atoms with Gasteiger partial charge in [-0.05, 0) is 30.7 Å². The molecule has 11 heteroatoms. The molecule has 1 fully saturated rings. The van der Waals surface area contributed by atoms with E-state index < -0.39 is 29.8 Å². The number of hydrogen-bond donors (Lipinski definition) is 2. The molecule has 1 saturated heterocycles. The number of alkyl halides is 2. The summed E-state index contributed by atoms with van der Waals surface area (Å²) in [5, 5.41) is 2.61. The van der Waals surface area contributed by atoms with Crippen LogP contribution in [0.4, 0.5) is 33.9 Å². The molecule has 1 aromatic carbocycles. The maximum absolute atomic E-state index is 14.1. The van der Waals surface area contributed by atoms with Crippen molar-refractivity contribution in [3.05, 3.63) is 65.7 Å². The highest BCUT2D eigenvalue weighted by Crippen LogP contribution is 2.29. The van der Waals surface area contributed by atoms with Crippen molar-refractivity contribution < 1.29 is 22.4 Å². The van der Waals surface area contributed by atoms with E-state index in [0.29, 0.717) is 25.2 Å². The Balaban J connectivity index is 1.46. The normalized spacial score (nSPS) is 15.9. The van der Waals surface area contributed by atoms with E-state index in [1.165, 1.54) is 29.3 Å². The summed E-state index contributed by atoms with van der Waals surface area (Å²) < 4.78 is 52.6. The minimum absolute atomic E-state index is 0.0424. The number of pyridine rings is 1. The third-order valence-corrected chi connectivity index (χ3v) is 5.17. The zero-order valence-corrected chi connectivity index (χ0v) is 16.6. The zero-order chi connectivity index (χ0) is 22.8. The molecule has 0 radical (unpaired) electrons. The molecule has 3 N–H and O–H groups in total. The van der Waals surface area contributed by atoms with Crippen molar-refractivity contribution in [2.75, 3.05) is 24.1 Å². The number of carbonyl (C=O) groups is 1. The number of benzene rings is 1. The second-order valence-electron chi connectivity index (χ2n) is 7.29. The molecule has 7 nitrogen and oxygen atoms in total. The van der Waals surface area contributed by atoms with Crippen molar-refractivity contribution in [1.82, 2.24) is 19.9 Å². The Hall–Kier alpha value is -3.76. The highest BCUT2D eigenvalue weighted by atomic mass is 19.3. The number of amides is 2. The predicted octanol–water partition coefficient (Wildman–Crippen LogP) is 4.36. The van der Waals surface area contributed by atoms with Crippen molar-refractivity contribution in [3.63, 3.8) is 0 Å². The molecule has 2 aromatic heterocycles. The van der Waals surface area contributed by atoms with Crippen LogP contribution < -0.4 is 11.1 Å². The Labute approximate surface area is 180 Å². The van der Waals surface area contributed by atoms with Crippen molar-refractivity contribution >= 4 is 17.5 Å². The molecule has 3 heterocycles. The summed E-state index contributed by atoms with van der Waals surface area (Å²) in [6.45, 7) is 0.710. The Kier molecular flexibility index (Phi) is 5.89. The molecule has 32 heavy (non-hydrogen) atoms. The van der Waals surface area contributed by atoms with Crippen LogP contribution in [-0.4, -0.2) is 39.0 Å². The number of likely N-dealkylation sites (tertiary alicyclic amines) is 1. The Morgan fingerprint density at radius 2 is 1.97 bits per heavy atom. The van der Waals surface area contributed by atoms with Crippen LogP contribution in [0.3, 0.4) is 0 Å². The lowest BCUT2D eigenvalue weighted by Crippen LogP contribution is -2.33. The quantitative estimate of drug-likeness (QED) is 0.581. The fourth-order valence-corrected chi connectivity index (χ4v) is 3.46. The van der Waals surface area contributed by atoms with Gasteiger partial charge in [0.05, 0.1) is 23.3 Å². The van der Waals surface area contributed by atoms with Gasteiger partial charge in [0.2, 0.25) is 0 Å². The van der Waals surface area contributed by atoms with E-state index in [1.54, 1.807) is 0 Å². The molecule has 2 amide bonds. The number of nitrogens with one attached hydrogen (secondary N) is 1. The number of nitrogens with two attached hydrogens (primary N) is 1. The van der Waals surface area contributed by atoms with Gasteiger partial charge < -0.3 is 10.6 Å². The molecular weight excluding hydrogens is 428 g/mol. The van der Waals surface area contributed by atoms with Gasteiger partial charge in [-0.1, -0.05) is 0 Å². The largest absolute Gasteiger partial charge is 0.396 e. The highest BCUT2D eigenvalue weighted by Gasteiger charge is 2.29. The molecule has 0 spiro atoms. The SMILES string of the molecule is Nc1ccc(-c2ccc(F)cc2F)nc1NC(=O)N1CCC(c2cnc(C(F)F)cn2)C1. The van der Waals surface area contributed by atoms with Crippen LogP contribution >= 0.6 is 0 Å². The first-order valence-corrected chi connectivity index (χ1v) is 9.69. The van der Waals surface area contributed by atoms with Gasteiger partial charge in [0.1, 0.15) is 17.3 Å². The number of halogens is 4. The third kappa shape index (κ3) is 4.46. The fraction of sp³-hybridized carbons (Fsp3) is 0.238. The molecule has 0 saturated carbocycles. The second-order valence-corrected chi connectivity index (χ2v) is 7.29. The van der Waals surface area contributed by atoms with E-state index in [9.17, 15) is 22.4 Å². The summed E-state index contributed by atoms with van der Waals surface area (Å²) in [5.41, 5.74) is 6.45. The fourth-order valence-electron chi connectivity index (χ4n) is 3.46. The van der Waals surface area contributed by atoms with Crippen molar-refractivity contribution in [2.45, 2.75) is 18.8 Å². The number of rotatable bonds is 4. The standard InChI is InChI=1S/C21H18F4N6O/c22-12-1-2-13(14(23)7-12)16-4-3-15(26)20(29-16)30-21(32)31-6-5-11(10-31)17-8-28-18(9-27-17)19(24)25/h1-4,7-9,11,19H,5-6,10,26H2,(H,29,30,32). The van der Waals surface area contributed by atoms with E-state index in [1.807, 2.05) is 0 Å². The first-order valence-electron chi connectivity index (χ1n) is 9.69. The van der Waals surface area contributed by atoms with Gasteiger partial charge in [0.15, 0.2) is 5.82 Å². The average molecular weight is 446 g/mol. The van der Waals surface area contributed by atoms with Crippen LogP contribution in [0.15, 0.2) is 42.7 Å². The van der Waals surface area contributed by atoms with Crippen LogP contribution in [0.25, 0.3) is 11.3 Å². The first-order chi connectivity index (χ1) is 15.3. The summed E-state index contributed by atoms with van der Waals surface area (Å²) in [6.07, 6.45) is 0.223. The molecule has 4 rings (SSSR count). The van der Waals surface area contributed by atoms with E-state index in [-0.39, 0.29) is 28.7 Å². The minimum atomic E-state index is -2.69. The number of hydrogen-bond acceptors (Lipinski definition) is 5. The van der Waals surface area contributed by atoms with Crippen LogP contribution in [0, 0.1) is 11.6 Å². The number of nitrogens with zero attached hydrogens (tertiary/aromatic N) is 4. The number of aromatic nitrogens is 3. The lowest BCUT2D eigenvalue weighted by Gasteiger charge is -2.18. The molecule has 1 aliphatic rings. The average Bonchev–Trinajstić information content (AvgIpc) is 3.26. The smallest absolute Gasteiger partial charge is 0.323 e. The monoisotopic (exact) mass is 446 g/mol. The van der Waals surface area contributed by atoms with Gasteiger partial charge in [0, 0.05) is 36.8 Å².